The van der Waals surface area contributed by atoms with Crippen molar-refractivity contribution < 1.29 is 9.21 Å². The number of anilines is 2. The molecule has 0 unspecified atom stereocenters. The number of benzene rings is 3. The number of fused-ring (bicyclic) bond motifs is 1. The molecule has 0 fully saturated rings. The van der Waals surface area contributed by atoms with Crippen molar-refractivity contribution in [3.05, 3.63) is 66.7 Å². The maximum Gasteiger partial charge on any atom is 0.277 e. The molecule has 1 heterocycles. The Labute approximate surface area is 172 Å². The second kappa shape index (κ2) is 8.36. The Kier molecular flexibility index (Phi) is 5.48. The van der Waals surface area contributed by atoms with Crippen LogP contribution in [-0.2, 0) is 4.79 Å². The number of carbonyl (C=O) groups is 1. The zero-order valence-corrected chi connectivity index (χ0v) is 16.9. The molecule has 0 saturated carbocycles. The molecule has 1 aromatic heterocycles. The summed E-state index contributed by atoms with van der Waals surface area (Å²) in [5.74, 6) is 0.508. The first kappa shape index (κ1) is 19.0. The van der Waals surface area contributed by atoms with Crippen molar-refractivity contribution in [2.75, 3.05) is 30.1 Å². The Balaban J connectivity index is 1.40. The molecule has 146 valence electrons. The van der Waals surface area contributed by atoms with E-state index in [9.17, 15) is 4.79 Å². The first-order valence-corrected chi connectivity index (χ1v) is 10.1. The van der Waals surface area contributed by atoms with Crippen molar-refractivity contribution in [2.45, 2.75) is 5.22 Å². The summed E-state index contributed by atoms with van der Waals surface area (Å²) in [6, 6.07) is 21.7. The van der Waals surface area contributed by atoms with Gasteiger partial charge in [-0.2, -0.15) is 0 Å². The number of nitrogens with one attached hydrogen (secondary N) is 1. The minimum absolute atomic E-state index is 0.127. The fraction of sp³-hybridized carbons (Fsp3) is 0.136. The number of carbonyl (C=O) groups excluding carboxylic acids is 1. The van der Waals surface area contributed by atoms with Gasteiger partial charge in [-0.15, -0.1) is 10.2 Å². The lowest BCUT2D eigenvalue weighted by Crippen LogP contribution is -2.14. The van der Waals surface area contributed by atoms with Crippen molar-refractivity contribution in [3.8, 4) is 11.5 Å². The molecular weight excluding hydrogens is 384 g/mol. The molecule has 4 aromatic rings. The number of rotatable bonds is 6. The van der Waals surface area contributed by atoms with Gasteiger partial charge in [-0.1, -0.05) is 48.2 Å². The van der Waals surface area contributed by atoms with E-state index in [0.29, 0.717) is 11.1 Å². The van der Waals surface area contributed by atoms with Gasteiger partial charge in [0.25, 0.3) is 5.22 Å². The Morgan fingerprint density at radius 3 is 2.55 bits per heavy atom. The predicted octanol–water partition coefficient (Wildman–Crippen LogP) is 4.69. The summed E-state index contributed by atoms with van der Waals surface area (Å²) in [7, 11) is 3.95. The molecule has 3 aromatic carbocycles. The van der Waals surface area contributed by atoms with Crippen molar-refractivity contribution >= 4 is 39.8 Å². The van der Waals surface area contributed by atoms with Crippen LogP contribution in [0.25, 0.3) is 22.2 Å². The largest absolute Gasteiger partial charge is 0.411 e. The molecule has 6 nitrogen and oxygen atoms in total. The fourth-order valence-electron chi connectivity index (χ4n) is 2.96. The van der Waals surface area contributed by atoms with Gasteiger partial charge in [0.2, 0.25) is 11.8 Å². The quantitative estimate of drug-likeness (QED) is 0.470. The van der Waals surface area contributed by atoms with Gasteiger partial charge in [-0.3, -0.25) is 4.79 Å². The minimum Gasteiger partial charge on any atom is -0.411 e. The molecule has 0 atom stereocenters. The Hall–Kier alpha value is -3.32. The number of hydrogen-bond donors (Lipinski definition) is 1. The summed E-state index contributed by atoms with van der Waals surface area (Å²) in [4.78, 5) is 14.2. The van der Waals surface area contributed by atoms with E-state index in [2.05, 4.69) is 15.5 Å². The second-order valence-electron chi connectivity index (χ2n) is 6.68. The van der Waals surface area contributed by atoms with Crippen LogP contribution in [0.4, 0.5) is 11.4 Å². The summed E-state index contributed by atoms with van der Waals surface area (Å²) < 4.78 is 5.78. The van der Waals surface area contributed by atoms with E-state index in [0.717, 1.165) is 27.7 Å². The van der Waals surface area contributed by atoms with E-state index in [1.54, 1.807) is 0 Å². The number of thioether (sulfide) groups is 1. The van der Waals surface area contributed by atoms with Gasteiger partial charge in [0.1, 0.15) is 0 Å². The van der Waals surface area contributed by atoms with Crippen LogP contribution in [0.1, 0.15) is 0 Å². The third kappa shape index (κ3) is 4.41. The molecule has 0 radical (unpaired) electrons. The van der Waals surface area contributed by atoms with E-state index >= 15 is 0 Å². The smallest absolute Gasteiger partial charge is 0.277 e. The third-order valence-corrected chi connectivity index (χ3v) is 5.24. The number of aromatic nitrogens is 2. The van der Waals surface area contributed by atoms with Crippen molar-refractivity contribution in [1.29, 1.82) is 0 Å². The Morgan fingerprint density at radius 1 is 1.00 bits per heavy atom. The highest BCUT2D eigenvalue weighted by atomic mass is 32.2. The van der Waals surface area contributed by atoms with Gasteiger partial charge in [-0.05, 0) is 41.1 Å². The molecule has 0 saturated heterocycles. The zero-order chi connectivity index (χ0) is 20.2. The predicted molar refractivity (Wildman–Crippen MR) is 117 cm³/mol. The van der Waals surface area contributed by atoms with Crippen LogP contribution in [0, 0.1) is 0 Å². The first-order valence-electron chi connectivity index (χ1n) is 9.12. The number of nitrogens with zero attached hydrogens (tertiary/aromatic N) is 3. The Bertz CT molecular complexity index is 1130. The van der Waals surface area contributed by atoms with Crippen LogP contribution in [0.5, 0.6) is 0 Å². The average Bonchev–Trinajstić information content (AvgIpc) is 3.21. The van der Waals surface area contributed by atoms with Gasteiger partial charge >= 0.3 is 0 Å². The van der Waals surface area contributed by atoms with E-state index in [-0.39, 0.29) is 11.7 Å². The summed E-state index contributed by atoms with van der Waals surface area (Å²) in [6.45, 7) is 0. The molecule has 4 rings (SSSR count). The highest BCUT2D eigenvalue weighted by Crippen LogP contribution is 2.29. The van der Waals surface area contributed by atoms with E-state index in [1.165, 1.54) is 11.8 Å². The van der Waals surface area contributed by atoms with E-state index < -0.39 is 0 Å². The molecule has 0 spiro atoms. The Morgan fingerprint density at radius 2 is 1.76 bits per heavy atom. The van der Waals surface area contributed by atoms with E-state index in [4.69, 9.17) is 4.42 Å². The van der Waals surface area contributed by atoms with Crippen LogP contribution < -0.4 is 10.2 Å². The minimum atomic E-state index is -0.127. The first-order chi connectivity index (χ1) is 14.1. The van der Waals surface area contributed by atoms with Crippen molar-refractivity contribution in [3.63, 3.8) is 0 Å². The molecule has 1 amide bonds. The summed E-state index contributed by atoms with van der Waals surface area (Å²) in [5, 5.41) is 13.6. The van der Waals surface area contributed by atoms with Gasteiger partial charge < -0.3 is 14.6 Å². The molecule has 7 heteroatoms. The monoisotopic (exact) mass is 404 g/mol. The molecule has 0 aliphatic heterocycles. The standard InChI is InChI=1S/C22H20N4O2S/c1-26(2)17-12-10-16(11-13-17)23-20(27)14-29-22-25-24-21(28-22)19-9-5-7-15-6-3-4-8-18(15)19/h3-13H,14H2,1-2H3,(H,23,27). The second-order valence-corrected chi connectivity index (χ2v) is 7.60. The number of hydrogen-bond acceptors (Lipinski definition) is 6. The molecule has 0 bridgehead atoms. The van der Waals surface area contributed by atoms with Crippen LogP contribution >= 0.6 is 11.8 Å². The van der Waals surface area contributed by atoms with Crippen LogP contribution in [0.3, 0.4) is 0 Å². The lowest BCUT2D eigenvalue weighted by atomic mass is 10.0. The maximum absolute atomic E-state index is 12.2. The third-order valence-electron chi connectivity index (χ3n) is 4.42. The lowest BCUT2D eigenvalue weighted by Gasteiger charge is -2.12. The average molecular weight is 404 g/mol. The molecular formula is C22H20N4O2S. The number of amides is 1. The molecule has 29 heavy (non-hydrogen) atoms. The van der Waals surface area contributed by atoms with Crippen molar-refractivity contribution in [2.24, 2.45) is 0 Å². The summed E-state index contributed by atoms with van der Waals surface area (Å²) >= 11 is 1.22. The SMILES string of the molecule is CN(C)c1ccc(NC(=O)CSc2nnc(-c3cccc4ccccc34)o2)cc1. The molecule has 0 aliphatic carbocycles. The van der Waals surface area contributed by atoms with Crippen LogP contribution in [-0.4, -0.2) is 36.0 Å². The highest BCUT2D eigenvalue weighted by molar-refractivity contribution is 7.99. The molecule has 0 aliphatic rings. The van der Waals surface area contributed by atoms with E-state index in [1.807, 2.05) is 85.7 Å². The highest BCUT2D eigenvalue weighted by Gasteiger charge is 2.13. The van der Waals surface area contributed by atoms with Gasteiger partial charge in [0, 0.05) is 31.0 Å². The zero-order valence-electron chi connectivity index (χ0n) is 16.1. The summed E-state index contributed by atoms with van der Waals surface area (Å²) in [5.41, 5.74) is 2.71. The lowest BCUT2D eigenvalue weighted by molar-refractivity contribution is -0.113. The normalized spacial score (nSPS) is 10.8. The van der Waals surface area contributed by atoms with Crippen LogP contribution in [0.2, 0.25) is 0 Å². The van der Waals surface area contributed by atoms with Gasteiger partial charge in [-0.25, -0.2) is 0 Å². The van der Waals surface area contributed by atoms with Crippen molar-refractivity contribution in [1.82, 2.24) is 10.2 Å². The summed E-state index contributed by atoms with van der Waals surface area (Å²) in [6.07, 6.45) is 0. The topological polar surface area (TPSA) is 71.3 Å². The van der Waals surface area contributed by atoms with Gasteiger partial charge in [0.15, 0.2) is 0 Å². The van der Waals surface area contributed by atoms with Crippen LogP contribution in [0.15, 0.2) is 76.4 Å². The maximum atomic E-state index is 12.2. The fourth-order valence-corrected chi connectivity index (χ4v) is 3.52. The molecule has 1 N–H and O–H groups in total. The van der Waals surface area contributed by atoms with Gasteiger partial charge in [0.05, 0.1) is 5.75 Å².